The molecule has 2 nitrogen and oxygen atoms in total. The van der Waals surface area contributed by atoms with Crippen molar-refractivity contribution in [2.75, 3.05) is 0 Å². The van der Waals surface area contributed by atoms with E-state index in [1.165, 1.54) is 0 Å². The smallest absolute Gasteiger partial charge is 0.0551 e. The van der Waals surface area contributed by atoms with Crippen molar-refractivity contribution in [2.24, 2.45) is 9.98 Å². The molecule has 0 N–H and O–H groups in total. The molecule has 2 heteroatoms. The molecule has 0 bridgehead atoms. The SMILES string of the molecule is CC.CC1=CN=CCC=N1. The van der Waals surface area contributed by atoms with Gasteiger partial charge in [-0.2, -0.15) is 0 Å². The van der Waals surface area contributed by atoms with Crippen molar-refractivity contribution in [3.05, 3.63) is 11.9 Å². The first-order valence-electron chi connectivity index (χ1n) is 3.60. The van der Waals surface area contributed by atoms with Crippen molar-refractivity contribution in [2.45, 2.75) is 27.2 Å². The van der Waals surface area contributed by atoms with E-state index < -0.39 is 0 Å². The zero-order valence-corrected chi connectivity index (χ0v) is 6.83. The summed E-state index contributed by atoms with van der Waals surface area (Å²) in [5, 5.41) is 0. The minimum Gasteiger partial charge on any atom is -0.267 e. The second-order valence-electron chi connectivity index (χ2n) is 1.65. The third-order valence-electron chi connectivity index (χ3n) is 0.873. The van der Waals surface area contributed by atoms with Gasteiger partial charge in [-0.05, 0) is 6.92 Å². The van der Waals surface area contributed by atoms with Gasteiger partial charge in [-0.1, -0.05) is 13.8 Å². The van der Waals surface area contributed by atoms with Crippen LogP contribution in [0, 0.1) is 0 Å². The van der Waals surface area contributed by atoms with E-state index in [0.717, 1.165) is 12.1 Å². The average molecular weight is 138 g/mol. The molecule has 1 aliphatic rings. The summed E-state index contributed by atoms with van der Waals surface area (Å²) in [6, 6.07) is 0. The molecule has 1 rings (SSSR count). The Labute approximate surface area is 62.4 Å². The number of hydrogen-bond acceptors (Lipinski definition) is 2. The van der Waals surface area contributed by atoms with Crippen LogP contribution in [0.1, 0.15) is 27.2 Å². The lowest BCUT2D eigenvalue weighted by atomic mass is 10.5. The molecule has 0 fully saturated rings. The molecule has 56 valence electrons. The van der Waals surface area contributed by atoms with E-state index in [2.05, 4.69) is 9.98 Å². The van der Waals surface area contributed by atoms with Crippen LogP contribution < -0.4 is 0 Å². The number of nitrogens with zero attached hydrogens (tertiary/aromatic N) is 2. The Morgan fingerprint density at radius 2 is 2.00 bits per heavy atom. The molecule has 0 aromatic carbocycles. The summed E-state index contributed by atoms with van der Waals surface area (Å²) in [7, 11) is 0. The van der Waals surface area contributed by atoms with Crippen molar-refractivity contribution >= 4 is 12.4 Å². The van der Waals surface area contributed by atoms with E-state index >= 15 is 0 Å². The maximum atomic E-state index is 4.03. The minimum absolute atomic E-state index is 0.855. The summed E-state index contributed by atoms with van der Waals surface area (Å²) in [5.41, 5.74) is 0.971. The molecule has 10 heavy (non-hydrogen) atoms. The van der Waals surface area contributed by atoms with E-state index in [4.69, 9.17) is 0 Å². The first-order valence-corrected chi connectivity index (χ1v) is 3.60. The summed E-state index contributed by atoms with van der Waals surface area (Å²) in [5.74, 6) is 0. The number of hydrogen-bond donors (Lipinski definition) is 0. The molecule has 0 radical (unpaired) electrons. The Morgan fingerprint density at radius 1 is 1.30 bits per heavy atom. The lowest BCUT2D eigenvalue weighted by Gasteiger charge is -1.80. The van der Waals surface area contributed by atoms with E-state index in [9.17, 15) is 0 Å². The Hall–Kier alpha value is -0.920. The predicted molar refractivity (Wildman–Crippen MR) is 46.7 cm³/mol. The summed E-state index contributed by atoms with van der Waals surface area (Å²) in [6.45, 7) is 5.93. The van der Waals surface area contributed by atoms with Gasteiger partial charge < -0.3 is 0 Å². The quantitative estimate of drug-likeness (QED) is 0.491. The molecule has 0 saturated heterocycles. The Morgan fingerprint density at radius 3 is 2.70 bits per heavy atom. The zero-order chi connectivity index (χ0) is 7.82. The summed E-state index contributed by atoms with van der Waals surface area (Å²) >= 11 is 0. The highest BCUT2D eigenvalue weighted by atomic mass is 14.8. The number of allylic oxidation sites excluding steroid dienone is 1. The van der Waals surface area contributed by atoms with Gasteiger partial charge in [-0.15, -0.1) is 0 Å². The van der Waals surface area contributed by atoms with Crippen LogP contribution in [0.15, 0.2) is 21.9 Å². The molecule has 0 aromatic heterocycles. The monoisotopic (exact) mass is 138 g/mol. The minimum atomic E-state index is 0.855. The molecule has 0 atom stereocenters. The van der Waals surface area contributed by atoms with E-state index in [-0.39, 0.29) is 0 Å². The van der Waals surface area contributed by atoms with E-state index in [1.54, 1.807) is 6.20 Å². The largest absolute Gasteiger partial charge is 0.267 e. The van der Waals surface area contributed by atoms with Crippen molar-refractivity contribution in [1.82, 2.24) is 0 Å². The number of aliphatic imine (C=N–C) groups is 2. The standard InChI is InChI=1S/C6H8N2.C2H6/c1-6-5-7-3-2-4-8-6;1-2/h3-5H,2H2,1H3;1-2H3. The molecule has 0 unspecified atom stereocenters. The Kier molecular flexibility index (Phi) is 5.63. The third kappa shape index (κ3) is 4.01. The van der Waals surface area contributed by atoms with Crippen molar-refractivity contribution in [3.8, 4) is 0 Å². The van der Waals surface area contributed by atoms with Gasteiger partial charge in [-0.25, -0.2) is 0 Å². The van der Waals surface area contributed by atoms with Crippen molar-refractivity contribution in [1.29, 1.82) is 0 Å². The lowest BCUT2D eigenvalue weighted by Crippen LogP contribution is -1.71. The number of rotatable bonds is 0. The van der Waals surface area contributed by atoms with Crippen LogP contribution in [0.5, 0.6) is 0 Å². The first kappa shape index (κ1) is 9.08. The van der Waals surface area contributed by atoms with Crippen LogP contribution in [0.2, 0.25) is 0 Å². The van der Waals surface area contributed by atoms with Crippen molar-refractivity contribution in [3.63, 3.8) is 0 Å². The van der Waals surface area contributed by atoms with Gasteiger partial charge in [0.1, 0.15) is 0 Å². The molecule has 0 amide bonds. The van der Waals surface area contributed by atoms with Gasteiger partial charge in [0.15, 0.2) is 0 Å². The van der Waals surface area contributed by atoms with Gasteiger partial charge >= 0.3 is 0 Å². The first-order chi connectivity index (χ1) is 4.89. The highest BCUT2D eigenvalue weighted by molar-refractivity contribution is 5.80. The van der Waals surface area contributed by atoms with Crippen LogP contribution in [-0.4, -0.2) is 12.4 Å². The second-order valence-corrected chi connectivity index (χ2v) is 1.65. The topological polar surface area (TPSA) is 24.7 Å². The van der Waals surface area contributed by atoms with Crippen LogP contribution in [0.3, 0.4) is 0 Å². The van der Waals surface area contributed by atoms with Gasteiger partial charge in [0, 0.05) is 25.0 Å². The highest BCUT2D eigenvalue weighted by Crippen LogP contribution is 1.95. The predicted octanol–water partition coefficient (Wildman–Crippen LogP) is 2.42. The fourth-order valence-corrected chi connectivity index (χ4v) is 0.499. The van der Waals surface area contributed by atoms with Crippen LogP contribution in [-0.2, 0) is 0 Å². The zero-order valence-electron chi connectivity index (χ0n) is 6.83. The molecule has 0 saturated carbocycles. The summed E-state index contributed by atoms with van der Waals surface area (Å²) < 4.78 is 0. The Bertz CT molecular complexity index is 155. The second kappa shape index (κ2) is 6.20. The fraction of sp³-hybridized carbons (Fsp3) is 0.500. The Balaban J connectivity index is 0.000000371. The van der Waals surface area contributed by atoms with Gasteiger partial charge in [0.05, 0.1) is 5.70 Å². The molecular formula is C8H14N2. The van der Waals surface area contributed by atoms with Crippen LogP contribution in [0.4, 0.5) is 0 Å². The van der Waals surface area contributed by atoms with Crippen LogP contribution in [0.25, 0.3) is 0 Å². The normalized spacial score (nSPS) is 14.9. The fourth-order valence-electron chi connectivity index (χ4n) is 0.499. The molecule has 0 aromatic rings. The van der Waals surface area contributed by atoms with Gasteiger partial charge in [-0.3, -0.25) is 9.98 Å². The van der Waals surface area contributed by atoms with E-state index in [1.807, 2.05) is 33.2 Å². The summed E-state index contributed by atoms with van der Waals surface area (Å²) in [4.78, 5) is 7.97. The molecule has 0 spiro atoms. The maximum absolute atomic E-state index is 4.03. The van der Waals surface area contributed by atoms with Gasteiger partial charge in [0.2, 0.25) is 0 Å². The summed E-state index contributed by atoms with van der Waals surface area (Å²) in [6.07, 6.45) is 6.29. The molecule has 1 heterocycles. The average Bonchev–Trinajstić information content (AvgIpc) is 2.21. The van der Waals surface area contributed by atoms with E-state index in [0.29, 0.717) is 0 Å². The molecular weight excluding hydrogens is 124 g/mol. The van der Waals surface area contributed by atoms with Crippen molar-refractivity contribution < 1.29 is 0 Å². The third-order valence-corrected chi connectivity index (χ3v) is 0.873. The van der Waals surface area contributed by atoms with Gasteiger partial charge in [0.25, 0.3) is 0 Å². The van der Waals surface area contributed by atoms with Crippen LogP contribution >= 0.6 is 0 Å². The lowest BCUT2D eigenvalue weighted by molar-refractivity contribution is 1.29. The maximum Gasteiger partial charge on any atom is 0.0551 e. The molecule has 0 aliphatic carbocycles. The molecule has 1 aliphatic heterocycles. The highest BCUT2D eigenvalue weighted by Gasteiger charge is 1.82.